The number of likely N-dealkylation sites (tertiary alicyclic amines) is 2. The highest BCUT2D eigenvalue weighted by molar-refractivity contribution is 6.08. The molecule has 0 aromatic carbocycles. The van der Waals surface area contributed by atoms with Gasteiger partial charge >= 0.3 is 36.1 Å². The Morgan fingerprint density at radius 1 is 0.452 bits per heavy atom. The molecule has 2 N–H and O–H groups in total. The number of carbonyl (C=O) groups excluding carboxylic acids is 10. The van der Waals surface area contributed by atoms with Gasteiger partial charge in [-0.15, -0.1) is 0 Å². The van der Waals surface area contributed by atoms with Crippen LogP contribution in [0.3, 0.4) is 0 Å². The number of nitrogens with zero attached hydrogens (tertiary/aromatic N) is 2. The van der Waals surface area contributed by atoms with Gasteiger partial charge in [0.15, 0.2) is 22.4 Å². The SMILES string of the molecule is COC(=O)C12OC(C(=O)OC)(C3C4CC(C5C(=O)N(CCNC(=O)OC(C)(C)C)C(=O)C45)C31)C1C3CC(C12)C1C3C2(C(=O)OC)OC1(C(=O)OC)C1C3CC(C4C(=O)N(CCNC(=O)OC(C)(C)C)C(=O)C34)C12. The molecule has 20 atom stereocenters. The van der Waals surface area contributed by atoms with Crippen molar-refractivity contribution in [2.24, 2.45) is 107 Å². The molecule has 6 saturated carbocycles. The second kappa shape index (κ2) is 15.1. The molecular formula is C51H64N4O18. The fourth-order valence-corrected chi connectivity index (χ4v) is 19.7. The van der Waals surface area contributed by atoms with E-state index in [-0.39, 0.29) is 26.2 Å². The standard InChI is InChI=1S/C51H64N4O18/c1-46(2,3)70-44(64)52-11-13-54-36(56)24-18-15-19(25(24)37(54)57)29-28(18)48(40(60)66-7)32-22-17-23(33(32)49(29,72-48)41(61)67-8)35-34(22)50(42(62)68-9)30-20-16-21(31(30)51(35,73-50)43(63)69-10)27-26(20)38(58)55(39(27)59)14-12-53-45(65)71-47(4,5)6/h18-35H,11-17H2,1-10H3,(H,52,64)(H,53,65). The summed E-state index contributed by atoms with van der Waals surface area (Å²) in [4.78, 5) is 146. The number of nitrogens with one attached hydrogen (secondary N) is 2. The largest absolute Gasteiger partial charge is 0.467 e. The smallest absolute Gasteiger partial charge is 0.407 e. The van der Waals surface area contributed by atoms with Crippen molar-refractivity contribution >= 4 is 59.7 Å². The molecule has 6 amide bonds. The summed E-state index contributed by atoms with van der Waals surface area (Å²) in [5, 5.41) is 5.23. The lowest BCUT2D eigenvalue weighted by atomic mass is 9.41. The van der Waals surface area contributed by atoms with Crippen LogP contribution in [0.15, 0.2) is 0 Å². The van der Waals surface area contributed by atoms with Crippen molar-refractivity contribution in [2.45, 2.75) is 94.4 Å². The van der Waals surface area contributed by atoms with E-state index in [0.717, 1.165) is 9.80 Å². The summed E-state index contributed by atoms with van der Waals surface area (Å²) in [6.07, 6.45) is -0.429. The summed E-state index contributed by atoms with van der Waals surface area (Å²) >= 11 is 0. The normalized spacial score (nSPS) is 46.8. The first-order chi connectivity index (χ1) is 34.4. The molecule has 12 aliphatic rings. The molecule has 6 aliphatic heterocycles. The first kappa shape index (κ1) is 48.6. The summed E-state index contributed by atoms with van der Waals surface area (Å²) in [5.74, 6) is -18.6. The van der Waals surface area contributed by atoms with Crippen LogP contribution < -0.4 is 10.6 Å². The molecule has 396 valence electrons. The van der Waals surface area contributed by atoms with Crippen LogP contribution in [0.5, 0.6) is 0 Å². The maximum Gasteiger partial charge on any atom is 0.407 e. The predicted molar refractivity (Wildman–Crippen MR) is 240 cm³/mol. The summed E-state index contributed by atoms with van der Waals surface area (Å²) in [6, 6.07) is 0. The van der Waals surface area contributed by atoms with Gasteiger partial charge in [-0.3, -0.25) is 29.0 Å². The van der Waals surface area contributed by atoms with Crippen LogP contribution in [0.4, 0.5) is 9.59 Å². The van der Waals surface area contributed by atoms with Gasteiger partial charge in [-0.05, 0) is 96.3 Å². The zero-order valence-electron chi connectivity index (χ0n) is 42.6. The molecule has 0 spiro atoms. The summed E-state index contributed by atoms with van der Waals surface area (Å²) < 4.78 is 47.9. The van der Waals surface area contributed by atoms with E-state index in [2.05, 4.69) is 10.6 Å². The van der Waals surface area contributed by atoms with E-state index in [0.29, 0.717) is 19.3 Å². The highest BCUT2D eigenvalue weighted by atomic mass is 16.6. The number of hydrogen-bond acceptors (Lipinski definition) is 18. The van der Waals surface area contributed by atoms with E-state index < -0.39 is 200 Å². The Labute approximate surface area is 420 Å². The van der Waals surface area contributed by atoms with Crippen LogP contribution in [-0.4, -0.2) is 158 Å². The summed E-state index contributed by atoms with van der Waals surface area (Å²) in [7, 11) is 4.91. The second-order valence-corrected chi connectivity index (χ2v) is 24.9. The van der Waals surface area contributed by atoms with E-state index in [1.54, 1.807) is 41.5 Å². The lowest BCUT2D eigenvalue weighted by Gasteiger charge is -2.57. The van der Waals surface area contributed by atoms with E-state index in [1.807, 2.05) is 0 Å². The van der Waals surface area contributed by atoms with Crippen LogP contribution in [0.2, 0.25) is 0 Å². The van der Waals surface area contributed by atoms with Crippen molar-refractivity contribution in [1.29, 1.82) is 0 Å². The Morgan fingerprint density at radius 2 is 0.685 bits per heavy atom. The first-order valence-corrected chi connectivity index (χ1v) is 25.8. The number of hydrogen-bond donors (Lipinski definition) is 2. The molecule has 22 nitrogen and oxygen atoms in total. The molecule has 6 heterocycles. The first-order valence-electron chi connectivity index (χ1n) is 25.8. The fourth-order valence-electron chi connectivity index (χ4n) is 19.7. The van der Waals surface area contributed by atoms with Crippen LogP contribution in [0.25, 0.3) is 0 Å². The molecule has 22 heteroatoms. The summed E-state index contributed by atoms with van der Waals surface area (Å²) in [5.41, 5.74) is -9.05. The lowest BCUT2D eigenvalue weighted by Crippen LogP contribution is -2.69. The maximum absolute atomic E-state index is 15.1. The number of ether oxygens (including phenoxy) is 8. The van der Waals surface area contributed by atoms with Gasteiger partial charge in [0.1, 0.15) is 11.2 Å². The number of fused-ring (bicyclic) bond motifs is 36. The number of esters is 4. The zero-order valence-corrected chi connectivity index (χ0v) is 42.6. The van der Waals surface area contributed by atoms with Crippen molar-refractivity contribution in [3.63, 3.8) is 0 Å². The molecule has 0 aromatic heterocycles. The zero-order chi connectivity index (χ0) is 52.3. The molecule has 10 bridgehead atoms. The van der Waals surface area contributed by atoms with Crippen molar-refractivity contribution < 1.29 is 85.8 Å². The maximum atomic E-state index is 15.1. The van der Waals surface area contributed by atoms with Crippen molar-refractivity contribution in [1.82, 2.24) is 20.4 Å². The van der Waals surface area contributed by atoms with Gasteiger partial charge in [-0.1, -0.05) is 0 Å². The van der Waals surface area contributed by atoms with Crippen molar-refractivity contribution in [2.75, 3.05) is 54.6 Å². The Balaban J connectivity index is 0.922. The average Bonchev–Trinajstić information content (AvgIpc) is 4.19. The van der Waals surface area contributed by atoms with Gasteiger partial charge in [0.05, 0.1) is 52.1 Å². The second-order valence-electron chi connectivity index (χ2n) is 24.9. The van der Waals surface area contributed by atoms with E-state index >= 15 is 19.2 Å². The summed E-state index contributed by atoms with van der Waals surface area (Å²) in [6.45, 7) is 9.86. The average molecular weight is 1020 g/mol. The van der Waals surface area contributed by atoms with Gasteiger partial charge in [-0.2, -0.15) is 0 Å². The monoisotopic (exact) mass is 1020 g/mol. The third kappa shape index (κ3) is 5.51. The molecule has 73 heavy (non-hydrogen) atoms. The lowest BCUT2D eigenvalue weighted by molar-refractivity contribution is -0.193. The minimum Gasteiger partial charge on any atom is -0.467 e. The third-order valence-electron chi connectivity index (χ3n) is 20.4. The van der Waals surface area contributed by atoms with Crippen molar-refractivity contribution in [3.8, 4) is 0 Å². The quantitative estimate of drug-likeness (QED) is 0.174. The van der Waals surface area contributed by atoms with E-state index in [9.17, 15) is 28.8 Å². The van der Waals surface area contributed by atoms with E-state index in [4.69, 9.17) is 37.9 Å². The number of amides is 6. The minimum absolute atomic E-state index is 0.0727. The van der Waals surface area contributed by atoms with Gasteiger partial charge < -0.3 is 48.5 Å². The highest BCUT2D eigenvalue weighted by Gasteiger charge is 2.98. The van der Waals surface area contributed by atoms with Crippen LogP contribution in [0, 0.1) is 107 Å². The fraction of sp³-hybridized carbons (Fsp3) is 0.804. The Hall–Kier alpha value is -5.38. The number of imide groups is 2. The van der Waals surface area contributed by atoms with Gasteiger partial charge in [0.25, 0.3) is 0 Å². The molecule has 20 unspecified atom stereocenters. The van der Waals surface area contributed by atoms with Gasteiger partial charge in [0, 0.05) is 73.5 Å². The number of carbonyl (C=O) groups is 10. The topological polar surface area (TPSA) is 275 Å². The van der Waals surface area contributed by atoms with Crippen molar-refractivity contribution in [3.05, 3.63) is 0 Å². The molecular weight excluding hydrogens is 957 g/mol. The molecule has 0 radical (unpaired) electrons. The van der Waals surface area contributed by atoms with Gasteiger partial charge in [-0.25, -0.2) is 28.8 Å². The van der Waals surface area contributed by atoms with Crippen LogP contribution in [-0.2, 0) is 76.3 Å². The van der Waals surface area contributed by atoms with E-state index in [1.165, 1.54) is 28.4 Å². The molecule has 12 rings (SSSR count). The van der Waals surface area contributed by atoms with Gasteiger partial charge in [0.2, 0.25) is 23.6 Å². The number of alkyl carbamates (subject to hydrolysis) is 2. The Bertz CT molecular complexity index is 2290. The minimum atomic E-state index is -1.87. The predicted octanol–water partition coefficient (Wildman–Crippen LogP) is 0.852. The Kier molecular flexibility index (Phi) is 10.1. The van der Waals surface area contributed by atoms with Crippen LogP contribution in [0.1, 0.15) is 60.8 Å². The third-order valence-corrected chi connectivity index (χ3v) is 20.4. The molecule has 6 aliphatic carbocycles. The number of methoxy groups -OCH3 is 4. The number of rotatable bonds is 10. The molecule has 12 fully saturated rings. The van der Waals surface area contributed by atoms with Crippen LogP contribution >= 0.6 is 0 Å². The highest BCUT2D eigenvalue weighted by Crippen LogP contribution is 2.88. The molecule has 6 saturated heterocycles. The Morgan fingerprint density at radius 3 is 0.918 bits per heavy atom. The molecule has 0 aromatic rings.